The van der Waals surface area contributed by atoms with Crippen molar-refractivity contribution in [3.05, 3.63) is 45.2 Å². The van der Waals surface area contributed by atoms with Gasteiger partial charge in [-0.1, -0.05) is 13.8 Å². The molecule has 0 unspecified atom stereocenters. The molecule has 2 nitrogen and oxygen atoms in total. The minimum Gasteiger partial charge on any atom is -0.237 e. The van der Waals surface area contributed by atoms with Crippen LogP contribution in [0.2, 0.25) is 0 Å². The van der Waals surface area contributed by atoms with E-state index in [1.54, 1.807) is 12.1 Å². The lowest BCUT2D eigenvalue weighted by atomic mass is 10.1. The molecule has 0 spiro atoms. The van der Waals surface area contributed by atoms with Gasteiger partial charge in [0.15, 0.2) is 0 Å². The number of halogens is 2. The number of hydrogen-bond acceptors (Lipinski definition) is 2. The summed E-state index contributed by atoms with van der Waals surface area (Å²) in [7, 11) is 0. The number of nitrogens with zero attached hydrogens (tertiary/aromatic N) is 2. The van der Waals surface area contributed by atoms with Gasteiger partial charge in [0.1, 0.15) is 11.6 Å². The quantitative estimate of drug-likeness (QED) is 0.749. The van der Waals surface area contributed by atoms with Crippen LogP contribution >= 0.6 is 22.6 Å². The van der Waals surface area contributed by atoms with Crippen molar-refractivity contribution < 1.29 is 4.39 Å². The molecule has 0 radical (unpaired) electrons. The van der Waals surface area contributed by atoms with Crippen molar-refractivity contribution in [1.29, 1.82) is 0 Å². The zero-order valence-electron chi connectivity index (χ0n) is 10.5. The van der Waals surface area contributed by atoms with E-state index in [1.807, 2.05) is 6.92 Å². The molecule has 2 rings (SSSR count). The first-order valence-corrected chi connectivity index (χ1v) is 6.87. The van der Waals surface area contributed by atoms with Crippen LogP contribution in [0.5, 0.6) is 0 Å². The summed E-state index contributed by atoms with van der Waals surface area (Å²) in [4.78, 5) is 8.96. The molecule has 0 bridgehead atoms. The van der Waals surface area contributed by atoms with Gasteiger partial charge < -0.3 is 0 Å². The largest absolute Gasteiger partial charge is 0.237 e. The molecule has 0 amide bonds. The van der Waals surface area contributed by atoms with Crippen LogP contribution in [0, 0.1) is 16.3 Å². The van der Waals surface area contributed by atoms with Crippen molar-refractivity contribution in [2.75, 3.05) is 0 Å². The molecule has 4 heteroatoms. The molecule has 0 fully saturated rings. The normalized spacial score (nSPS) is 11.0. The second kappa shape index (κ2) is 5.30. The molecular formula is C14H14FIN2. The maximum Gasteiger partial charge on any atom is 0.126 e. The number of aryl methyl sites for hydroxylation is 1. The zero-order valence-corrected chi connectivity index (χ0v) is 12.7. The van der Waals surface area contributed by atoms with E-state index in [9.17, 15) is 4.39 Å². The van der Waals surface area contributed by atoms with Gasteiger partial charge in [0.2, 0.25) is 0 Å². The lowest BCUT2D eigenvalue weighted by Gasteiger charge is -2.12. The highest BCUT2D eigenvalue weighted by atomic mass is 127. The molecule has 0 saturated heterocycles. The van der Waals surface area contributed by atoms with E-state index in [0.29, 0.717) is 5.92 Å². The molecule has 18 heavy (non-hydrogen) atoms. The molecule has 0 aliphatic rings. The van der Waals surface area contributed by atoms with Gasteiger partial charge in [0.25, 0.3) is 0 Å². The van der Waals surface area contributed by atoms with Crippen LogP contribution in [-0.2, 0) is 0 Å². The first-order valence-electron chi connectivity index (χ1n) is 5.79. The molecule has 0 atom stereocenters. The topological polar surface area (TPSA) is 25.8 Å². The van der Waals surface area contributed by atoms with Crippen LogP contribution in [0.1, 0.15) is 31.3 Å². The number of hydrogen-bond donors (Lipinski definition) is 0. The number of rotatable bonds is 2. The highest BCUT2D eigenvalue weighted by Gasteiger charge is 2.14. The Balaban J connectivity index is 2.60. The molecule has 0 aliphatic heterocycles. The summed E-state index contributed by atoms with van der Waals surface area (Å²) in [5.41, 5.74) is 2.85. The summed E-state index contributed by atoms with van der Waals surface area (Å²) >= 11 is 2.27. The minimum atomic E-state index is -0.233. The Hall–Kier alpha value is -1.04. The van der Waals surface area contributed by atoms with E-state index >= 15 is 0 Å². The van der Waals surface area contributed by atoms with Gasteiger partial charge in [0, 0.05) is 5.56 Å². The zero-order chi connectivity index (χ0) is 13.3. The highest BCUT2D eigenvalue weighted by Crippen LogP contribution is 2.28. The standard InChI is InChI=1S/C14H14FIN2/c1-8(2)13-12(16)14(18-9(3)17-13)10-4-6-11(15)7-5-10/h4-8H,1-3H3. The predicted molar refractivity (Wildman–Crippen MR) is 79.0 cm³/mol. The van der Waals surface area contributed by atoms with E-state index in [2.05, 4.69) is 46.4 Å². The molecule has 94 valence electrons. The average Bonchev–Trinajstić information content (AvgIpc) is 2.32. The smallest absolute Gasteiger partial charge is 0.126 e. The van der Waals surface area contributed by atoms with Gasteiger partial charge in [-0.15, -0.1) is 0 Å². The maximum atomic E-state index is 13.0. The van der Waals surface area contributed by atoms with E-state index < -0.39 is 0 Å². The van der Waals surface area contributed by atoms with Crippen molar-refractivity contribution in [3.8, 4) is 11.3 Å². The average molecular weight is 356 g/mol. The summed E-state index contributed by atoms with van der Waals surface area (Å²) in [6.07, 6.45) is 0. The van der Waals surface area contributed by atoms with Crippen LogP contribution in [-0.4, -0.2) is 9.97 Å². The van der Waals surface area contributed by atoms with Crippen molar-refractivity contribution in [1.82, 2.24) is 9.97 Å². The molecule has 0 N–H and O–H groups in total. The molecule has 2 aromatic rings. The van der Waals surface area contributed by atoms with Gasteiger partial charge >= 0.3 is 0 Å². The van der Waals surface area contributed by atoms with E-state index in [-0.39, 0.29) is 5.82 Å². The third-order valence-corrected chi connectivity index (χ3v) is 3.72. The summed E-state index contributed by atoms with van der Waals surface area (Å²) in [6.45, 7) is 6.10. The Morgan fingerprint density at radius 2 is 1.72 bits per heavy atom. The predicted octanol–water partition coefficient (Wildman–Crippen LogP) is 4.32. The van der Waals surface area contributed by atoms with Crippen LogP contribution in [0.4, 0.5) is 4.39 Å². The summed E-state index contributed by atoms with van der Waals surface area (Å²) in [6, 6.07) is 6.42. The van der Waals surface area contributed by atoms with Gasteiger partial charge in [-0.2, -0.15) is 0 Å². The third kappa shape index (κ3) is 2.68. The van der Waals surface area contributed by atoms with Gasteiger partial charge in [0.05, 0.1) is 15.0 Å². The second-order valence-electron chi connectivity index (χ2n) is 4.48. The van der Waals surface area contributed by atoms with Gasteiger partial charge in [-0.25, -0.2) is 14.4 Å². The Morgan fingerprint density at radius 3 is 2.28 bits per heavy atom. The molecule has 0 aliphatic carbocycles. The highest BCUT2D eigenvalue weighted by molar-refractivity contribution is 14.1. The van der Waals surface area contributed by atoms with Crippen LogP contribution in [0.3, 0.4) is 0 Å². The third-order valence-electron chi connectivity index (χ3n) is 2.65. The maximum absolute atomic E-state index is 13.0. The molecule has 1 heterocycles. The monoisotopic (exact) mass is 356 g/mol. The number of aromatic nitrogens is 2. The Kier molecular flexibility index (Phi) is 3.94. The minimum absolute atomic E-state index is 0.233. The summed E-state index contributed by atoms with van der Waals surface area (Å²) < 4.78 is 14.0. The second-order valence-corrected chi connectivity index (χ2v) is 5.56. The Bertz CT molecular complexity index is 565. The van der Waals surface area contributed by atoms with Crippen molar-refractivity contribution >= 4 is 22.6 Å². The fourth-order valence-corrected chi connectivity index (χ4v) is 2.94. The van der Waals surface area contributed by atoms with E-state index in [4.69, 9.17) is 0 Å². The lowest BCUT2D eigenvalue weighted by Crippen LogP contribution is -2.04. The van der Waals surface area contributed by atoms with Gasteiger partial charge in [-0.05, 0) is 59.7 Å². The van der Waals surface area contributed by atoms with Gasteiger partial charge in [-0.3, -0.25) is 0 Å². The summed E-state index contributed by atoms with van der Waals surface area (Å²) in [5.74, 6) is 0.861. The fraction of sp³-hybridized carbons (Fsp3) is 0.286. The van der Waals surface area contributed by atoms with Crippen molar-refractivity contribution in [2.24, 2.45) is 0 Å². The SMILES string of the molecule is Cc1nc(-c2ccc(F)cc2)c(I)c(C(C)C)n1. The molecule has 1 aromatic carbocycles. The number of benzene rings is 1. The van der Waals surface area contributed by atoms with Crippen LogP contribution < -0.4 is 0 Å². The molecule has 1 aromatic heterocycles. The fourth-order valence-electron chi connectivity index (χ4n) is 1.76. The van der Waals surface area contributed by atoms with Crippen LogP contribution in [0.25, 0.3) is 11.3 Å². The first-order chi connectivity index (χ1) is 8.49. The molecular weight excluding hydrogens is 342 g/mol. The Labute approximate surface area is 120 Å². The van der Waals surface area contributed by atoms with Crippen molar-refractivity contribution in [3.63, 3.8) is 0 Å². The lowest BCUT2D eigenvalue weighted by molar-refractivity contribution is 0.628. The van der Waals surface area contributed by atoms with Crippen LogP contribution in [0.15, 0.2) is 24.3 Å². The van der Waals surface area contributed by atoms with E-state index in [1.165, 1.54) is 12.1 Å². The van der Waals surface area contributed by atoms with Crippen molar-refractivity contribution in [2.45, 2.75) is 26.7 Å². The molecule has 0 saturated carbocycles. The Morgan fingerprint density at radius 1 is 1.11 bits per heavy atom. The van der Waals surface area contributed by atoms with E-state index in [0.717, 1.165) is 26.3 Å². The first kappa shape index (κ1) is 13.4. The summed E-state index contributed by atoms with van der Waals surface area (Å²) in [5, 5.41) is 0.